The van der Waals surface area contributed by atoms with E-state index in [9.17, 15) is 19.2 Å². The van der Waals surface area contributed by atoms with Crippen LogP contribution < -0.4 is 0 Å². The minimum absolute atomic E-state index is 0.0163. The quantitative estimate of drug-likeness (QED) is 0.251. The van der Waals surface area contributed by atoms with E-state index >= 15 is 0 Å². The summed E-state index contributed by atoms with van der Waals surface area (Å²) < 4.78 is 29.7. The molecule has 0 aromatic heterocycles. The molecule has 14 atom stereocenters. The summed E-state index contributed by atoms with van der Waals surface area (Å²) >= 11 is 0. The number of carbonyl (C=O) groups is 4. The Morgan fingerprint density at radius 3 is 2.07 bits per heavy atom. The molecule has 0 N–H and O–H groups in total. The Morgan fingerprint density at radius 1 is 0.795 bits per heavy atom. The van der Waals surface area contributed by atoms with Crippen molar-refractivity contribution in [1.82, 2.24) is 0 Å². The average molecular weight is 619 g/mol. The number of esters is 4. The Balaban J connectivity index is 1.36. The highest BCUT2D eigenvalue weighted by molar-refractivity contribution is 5.68. The zero-order valence-corrected chi connectivity index (χ0v) is 28.0. The van der Waals surface area contributed by atoms with E-state index < -0.39 is 18.2 Å². The van der Waals surface area contributed by atoms with Gasteiger partial charge in [0.05, 0.1) is 18.8 Å². The smallest absolute Gasteiger partial charge is 0.303 e. The van der Waals surface area contributed by atoms with Gasteiger partial charge in [-0.3, -0.25) is 19.2 Å². The molecular formula is C35H54O9. The van der Waals surface area contributed by atoms with Crippen LogP contribution in [0.1, 0.15) is 107 Å². The van der Waals surface area contributed by atoms with Crippen molar-refractivity contribution in [3.8, 4) is 0 Å². The molecule has 0 aromatic carbocycles. The molecule has 5 fully saturated rings. The first-order valence-electron chi connectivity index (χ1n) is 16.9. The molecule has 248 valence electrons. The molecule has 0 spiro atoms. The molecule has 9 nitrogen and oxygen atoms in total. The van der Waals surface area contributed by atoms with Gasteiger partial charge in [0.25, 0.3) is 0 Å². The van der Waals surface area contributed by atoms with Gasteiger partial charge in [0.2, 0.25) is 0 Å². The maximum absolute atomic E-state index is 12.4. The normalized spacial score (nSPS) is 44.7. The minimum atomic E-state index is -0.549. The van der Waals surface area contributed by atoms with Gasteiger partial charge < -0.3 is 23.7 Å². The van der Waals surface area contributed by atoms with E-state index in [1.165, 1.54) is 27.7 Å². The monoisotopic (exact) mass is 618 g/mol. The molecule has 1 saturated heterocycles. The van der Waals surface area contributed by atoms with Crippen molar-refractivity contribution in [3.05, 3.63) is 0 Å². The van der Waals surface area contributed by atoms with Crippen LogP contribution in [0.2, 0.25) is 0 Å². The van der Waals surface area contributed by atoms with Gasteiger partial charge in [-0.25, -0.2) is 0 Å². The number of rotatable bonds is 8. The van der Waals surface area contributed by atoms with E-state index in [1.54, 1.807) is 0 Å². The highest BCUT2D eigenvalue weighted by Crippen LogP contribution is 2.70. The lowest BCUT2D eigenvalue weighted by atomic mass is 9.43. The van der Waals surface area contributed by atoms with Crippen LogP contribution in [0.15, 0.2) is 0 Å². The van der Waals surface area contributed by atoms with Crippen LogP contribution in [0.4, 0.5) is 0 Å². The molecule has 1 aliphatic heterocycles. The van der Waals surface area contributed by atoms with Crippen molar-refractivity contribution in [2.24, 2.45) is 52.3 Å². The summed E-state index contributed by atoms with van der Waals surface area (Å²) in [6, 6.07) is 0. The summed E-state index contributed by atoms with van der Waals surface area (Å²) in [6.07, 6.45) is 6.15. The lowest BCUT2D eigenvalue weighted by molar-refractivity contribution is -0.219. The SMILES string of the molecule is CC(=O)OC[C@H](C)CC[C@H]1OC2C[C@H]3[C@@H]4C[C@@H](OC(C)=O)C5C[C@H](OC(C)=O)[C@H](OC(C)=O)C[C@]5(C)[C@H]4CC[C@]3(C)C2C1C. The van der Waals surface area contributed by atoms with Crippen LogP contribution >= 0.6 is 0 Å². The van der Waals surface area contributed by atoms with E-state index in [4.69, 9.17) is 23.7 Å². The largest absolute Gasteiger partial charge is 0.466 e. The van der Waals surface area contributed by atoms with Gasteiger partial charge in [0, 0.05) is 33.6 Å². The van der Waals surface area contributed by atoms with Crippen LogP contribution in [0.25, 0.3) is 0 Å². The molecule has 0 radical (unpaired) electrons. The molecule has 9 heteroatoms. The topological polar surface area (TPSA) is 114 Å². The molecule has 1 heterocycles. The van der Waals surface area contributed by atoms with Crippen molar-refractivity contribution < 1.29 is 42.9 Å². The second-order valence-electron chi connectivity index (χ2n) is 15.5. The van der Waals surface area contributed by atoms with Crippen LogP contribution in [0.5, 0.6) is 0 Å². The predicted molar refractivity (Wildman–Crippen MR) is 161 cm³/mol. The predicted octanol–water partition coefficient (Wildman–Crippen LogP) is 5.65. The van der Waals surface area contributed by atoms with Crippen molar-refractivity contribution in [1.29, 1.82) is 0 Å². The van der Waals surface area contributed by atoms with Crippen LogP contribution in [0.3, 0.4) is 0 Å². The number of hydrogen-bond donors (Lipinski definition) is 0. The third kappa shape index (κ3) is 6.15. The Labute approximate surface area is 262 Å². The fourth-order valence-corrected chi connectivity index (χ4v) is 11.1. The third-order valence-electron chi connectivity index (χ3n) is 12.7. The first-order chi connectivity index (χ1) is 20.6. The summed E-state index contributed by atoms with van der Waals surface area (Å²) in [7, 11) is 0. The molecule has 0 aromatic rings. The fraction of sp³-hybridized carbons (Fsp3) is 0.886. The van der Waals surface area contributed by atoms with Gasteiger partial charge in [-0.15, -0.1) is 0 Å². The maximum atomic E-state index is 12.4. The molecule has 4 saturated carbocycles. The number of ether oxygens (including phenoxy) is 5. The lowest BCUT2D eigenvalue weighted by Gasteiger charge is -2.63. The van der Waals surface area contributed by atoms with Gasteiger partial charge in [-0.2, -0.15) is 0 Å². The van der Waals surface area contributed by atoms with Gasteiger partial charge in [0.15, 0.2) is 0 Å². The van der Waals surface area contributed by atoms with Gasteiger partial charge in [-0.05, 0) is 97.7 Å². The summed E-state index contributed by atoms with van der Waals surface area (Å²) in [4.78, 5) is 47.8. The Hall–Kier alpha value is -2.16. The van der Waals surface area contributed by atoms with E-state index in [-0.39, 0.29) is 53.0 Å². The highest BCUT2D eigenvalue weighted by atomic mass is 16.6. The number of carbonyl (C=O) groups excluding carboxylic acids is 4. The number of hydrogen-bond acceptors (Lipinski definition) is 9. The van der Waals surface area contributed by atoms with Gasteiger partial charge in [0.1, 0.15) is 18.3 Å². The second-order valence-corrected chi connectivity index (χ2v) is 15.5. The summed E-state index contributed by atoms with van der Waals surface area (Å²) in [6.45, 7) is 15.5. The molecule has 44 heavy (non-hydrogen) atoms. The summed E-state index contributed by atoms with van der Waals surface area (Å²) in [5.74, 6) is 1.16. The van der Waals surface area contributed by atoms with Crippen LogP contribution in [0, 0.1) is 52.3 Å². The lowest BCUT2D eigenvalue weighted by Crippen LogP contribution is -2.62. The van der Waals surface area contributed by atoms with Crippen molar-refractivity contribution >= 4 is 23.9 Å². The molecule has 0 amide bonds. The fourth-order valence-electron chi connectivity index (χ4n) is 11.1. The van der Waals surface area contributed by atoms with E-state index in [0.29, 0.717) is 55.0 Å². The van der Waals surface area contributed by atoms with Gasteiger partial charge in [-0.1, -0.05) is 27.7 Å². The Kier molecular flexibility index (Phi) is 9.48. The second kappa shape index (κ2) is 12.6. The third-order valence-corrected chi connectivity index (χ3v) is 12.7. The van der Waals surface area contributed by atoms with Crippen molar-refractivity contribution in [2.45, 2.75) is 137 Å². The van der Waals surface area contributed by atoms with Gasteiger partial charge >= 0.3 is 23.9 Å². The van der Waals surface area contributed by atoms with E-state index in [2.05, 4.69) is 27.7 Å². The molecular weight excluding hydrogens is 564 g/mol. The Bertz CT molecular complexity index is 1120. The zero-order valence-electron chi connectivity index (χ0n) is 28.0. The molecule has 4 unspecified atom stereocenters. The van der Waals surface area contributed by atoms with Crippen LogP contribution in [-0.4, -0.2) is 61.0 Å². The maximum Gasteiger partial charge on any atom is 0.303 e. The van der Waals surface area contributed by atoms with E-state index in [0.717, 1.165) is 38.5 Å². The summed E-state index contributed by atoms with van der Waals surface area (Å²) in [5.41, 5.74) is -0.0938. The highest BCUT2D eigenvalue weighted by Gasteiger charge is 2.68. The zero-order chi connectivity index (χ0) is 32.1. The van der Waals surface area contributed by atoms with Crippen molar-refractivity contribution in [3.63, 3.8) is 0 Å². The molecule has 4 aliphatic carbocycles. The Morgan fingerprint density at radius 2 is 1.43 bits per heavy atom. The standard InChI is InChI=1S/C35H54O9/c1-18(17-40-20(3)36)9-10-28-19(2)33-31(44-28)14-26-24-13-29(41-21(4)37)27-15-30(42-22(5)38)32(43-23(6)39)16-35(27,8)25(24)11-12-34(26,33)7/h18-19,24-33H,9-17H2,1-8H3/t18-,19?,24-,25+,26+,27?,28-,29-,30+,31?,32-,33?,34+,35-/m1/s1. The summed E-state index contributed by atoms with van der Waals surface area (Å²) in [5, 5.41) is 0. The van der Waals surface area contributed by atoms with E-state index in [1.807, 2.05) is 0 Å². The molecule has 0 bridgehead atoms. The minimum Gasteiger partial charge on any atom is -0.466 e. The van der Waals surface area contributed by atoms with Crippen molar-refractivity contribution in [2.75, 3.05) is 6.61 Å². The average Bonchev–Trinajstić information content (AvgIpc) is 3.39. The van der Waals surface area contributed by atoms with Crippen LogP contribution in [-0.2, 0) is 42.9 Å². The number of fused-ring (bicyclic) bond motifs is 7. The molecule has 5 aliphatic rings. The first kappa shape index (κ1) is 33.2. The molecule has 5 rings (SSSR count). The first-order valence-corrected chi connectivity index (χ1v) is 16.9.